The molecule has 7 rings (SSSR count). The number of carbonyl (C=O) groups is 1. The van der Waals surface area contributed by atoms with Gasteiger partial charge in [0.25, 0.3) is 0 Å². The summed E-state index contributed by atoms with van der Waals surface area (Å²) in [6, 6.07) is 16.3. The zero-order valence-corrected chi connectivity index (χ0v) is 30.4. The average Bonchev–Trinajstić information content (AvgIpc) is 3.11. The summed E-state index contributed by atoms with van der Waals surface area (Å²) >= 11 is 0. The van der Waals surface area contributed by atoms with Gasteiger partial charge in [0.2, 0.25) is 0 Å². The van der Waals surface area contributed by atoms with Crippen LogP contribution in [0, 0.1) is 17.8 Å². The Hall–Kier alpha value is -3.38. The molecule has 0 saturated carbocycles. The van der Waals surface area contributed by atoms with Crippen molar-refractivity contribution in [1.29, 1.82) is 0 Å². The average molecular weight is 705 g/mol. The first-order valence-electron chi connectivity index (χ1n) is 19.3. The predicted molar refractivity (Wildman–Crippen MR) is 200 cm³/mol. The predicted octanol–water partition coefficient (Wildman–Crippen LogP) is 3.67. The number of guanidine groups is 1. The van der Waals surface area contributed by atoms with Crippen molar-refractivity contribution in [1.82, 2.24) is 20.4 Å². The van der Waals surface area contributed by atoms with Crippen LogP contribution < -0.4 is 21.1 Å². The van der Waals surface area contributed by atoms with Crippen molar-refractivity contribution in [3.05, 3.63) is 59.7 Å². The number of aliphatic hydroxyl groups is 1. The van der Waals surface area contributed by atoms with Gasteiger partial charge in [-0.2, -0.15) is 0 Å². The molecule has 51 heavy (non-hydrogen) atoms. The van der Waals surface area contributed by atoms with E-state index in [1.165, 1.54) is 18.9 Å². The summed E-state index contributed by atoms with van der Waals surface area (Å²) in [7, 11) is 0. The van der Waals surface area contributed by atoms with E-state index in [1.807, 2.05) is 18.2 Å². The molecule has 7 atom stereocenters. The summed E-state index contributed by atoms with van der Waals surface area (Å²) in [6.07, 6.45) is 7.10. The lowest BCUT2D eigenvalue weighted by Crippen LogP contribution is -2.52. The van der Waals surface area contributed by atoms with Crippen molar-refractivity contribution < 1.29 is 24.5 Å². The lowest BCUT2D eigenvalue weighted by atomic mass is 9.84. The van der Waals surface area contributed by atoms with Crippen LogP contribution in [0.15, 0.2) is 53.5 Å². The van der Waals surface area contributed by atoms with Gasteiger partial charge in [-0.05, 0) is 112 Å². The molecular formula is C40H60N6O5. The quantitative estimate of drug-likeness (QED) is 0.196. The van der Waals surface area contributed by atoms with Gasteiger partial charge in [0.1, 0.15) is 12.2 Å². The molecule has 11 heteroatoms. The number of carbonyl (C=O) groups excluding carboxylic acids is 1. The van der Waals surface area contributed by atoms with Crippen LogP contribution in [0.3, 0.4) is 0 Å². The fraction of sp³-hybridized carbons (Fsp3) is 0.650. The van der Waals surface area contributed by atoms with Gasteiger partial charge in [-0.3, -0.25) is 9.69 Å². The van der Waals surface area contributed by atoms with E-state index in [0.717, 1.165) is 83.5 Å². The third-order valence-electron chi connectivity index (χ3n) is 11.2. The van der Waals surface area contributed by atoms with Gasteiger partial charge in [-0.1, -0.05) is 36.4 Å². The van der Waals surface area contributed by atoms with Gasteiger partial charge < -0.3 is 41.0 Å². The summed E-state index contributed by atoms with van der Waals surface area (Å²) in [6.45, 7) is 9.23. The number of aliphatic hydroxyl groups excluding tert-OH is 1. The number of fused-ring (bicyclic) bond motifs is 6. The normalized spacial score (nSPS) is 29.4. The zero-order valence-electron chi connectivity index (χ0n) is 30.4. The van der Waals surface area contributed by atoms with Gasteiger partial charge in [-0.25, -0.2) is 4.99 Å². The molecule has 0 spiro atoms. The number of benzene rings is 2. The molecule has 0 aliphatic carbocycles. The molecule has 0 amide bonds. The third kappa shape index (κ3) is 11.8. The Morgan fingerprint density at radius 3 is 2.59 bits per heavy atom. The number of aromatic hydroxyl groups is 1. The Balaban J connectivity index is 0.991. The Morgan fingerprint density at radius 2 is 1.80 bits per heavy atom. The van der Waals surface area contributed by atoms with E-state index in [-0.39, 0.29) is 17.8 Å². The number of phenolic OH excluding ortho intramolecular Hbond substituents is 1. The molecule has 5 aliphatic rings. The van der Waals surface area contributed by atoms with E-state index < -0.39 is 12.2 Å². The molecular weight excluding hydrogens is 644 g/mol. The number of phenols is 1. The zero-order chi connectivity index (χ0) is 35.6. The first kappa shape index (κ1) is 37.4. The maximum absolute atomic E-state index is 12.1. The first-order valence-corrected chi connectivity index (χ1v) is 19.3. The van der Waals surface area contributed by atoms with Crippen molar-refractivity contribution in [2.45, 2.75) is 95.5 Å². The fourth-order valence-corrected chi connectivity index (χ4v) is 8.74. The fourth-order valence-electron chi connectivity index (χ4n) is 8.74. The number of esters is 1. The number of nitrogens with two attached hydrogens (primary N) is 1. The summed E-state index contributed by atoms with van der Waals surface area (Å²) in [4.78, 5) is 21.8. The van der Waals surface area contributed by atoms with Gasteiger partial charge >= 0.3 is 5.97 Å². The summed E-state index contributed by atoms with van der Waals surface area (Å²) < 4.78 is 12.1. The number of aryl methyl sites for hydroxylation is 1. The molecule has 3 fully saturated rings. The van der Waals surface area contributed by atoms with Crippen LogP contribution in [-0.2, 0) is 22.4 Å². The molecule has 2 aromatic rings. The topological polar surface area (TPSA) is 145 Å². The Morgan fingerprint density at radius 1 is 1.02 bits per heavy atom. The monoisotopic (exact) mass is 704 g/mol. The smallest absolute Gasteiger partial charge is 0.302 e. The van der Waals surface area contributed by atoms with Crippen molar-refractivity contribution in [3.63, 3.8) is 0 Å². The van der Waals surface area contributed by atoms with Crippen LogP contribution in [0.1, 0.15) is 69.4 Å². The van der Waals surface area contributed by atoms with Crippen LogP contribution in [0.5, 0.6) is 11.5 Å². The van der Waals surface area contributed by atoms with Gasteiger partial charge in [0.05, 0.1) is 12.8 Å². The maximum Gasteiger partial charge on any atom is 0.302 e. The summed E-state index contributed by atoms with van der Waals surface area (Å²) in [5.74, 6) is 2.52. The van der Waals surface area contributed by atoms with Crippen molar-refractivity contribution >= 4 is 11.9 Å². The molecule has 5 heterocycles. The number of ether oxygens (including phenoxy) is 2. The van der Waals surface area contributed by atoms with Crippen LogP contribution >= 0.6 is 0 Å². The van der Waals surface area contributed by atoms with E-state index in [1.54, 1.807) is 6.07 Å². The van der Waals surface area contributed by atoms with Crippen LogP contribution in [0.4, 0.5) is 0 Å². The second-order valence-electron chi connectivity index (χ2n) is 15.6. The highest BCUT2D eigenvalue weighted by Gasteiger charge is 2.34. The van der Waals surface area contributed by atoms with Crippen LogP contribution in [0.25, 0.3) is 0 Å². The van der Waals surface area contributed by atoms with Crippen molar-refractivity contribution in [3.8, 4) is 11.5 Å². The first-order chi connectivity index (χ1) is 24.7. The largest absolute Gasteiger partial charge is 0.504 e. The highest BCUT2D eigenvalue weighted by Crippen LogP contribution is 2.32. The molecule has 4 bridgehead atoms. The Kier molecular flexibility index (Phi) is 13.5. The highest BCUT2D eigenvalue weighted by molar-refractivity contribution is 5.77. The third-order valence-corrected chi connectivity index (χ3v) is 11.2. The van der Waals surface area contributed by atoms with Gasteiger partial charge in [-0.15, -0.1) is 0 Å². The second kappa shape index (κ2) is 18.4. The minimum atomic E-state index is -0.591. The maximum atomic E-state index is 12.1. The highest BCUT2D eigenvalue weighted by atomic mass is 16.5. The number of nitrogens with one attached hydrogen (secondary N) is 2. The molecule has 0 aromatic heterocycles. The van der Waals surface area contributed by atoms with E-state index in [9.17, 15) is 15.0 Å². The molecule has 11 nitrogen and oxygen atoms in total. The van der Waals surface area contributed by atoms with Crippen molar-refractivity contribution in [2.24, 2.45) is 28.5 Å². The number of hydrogen-bond donors (Lipinski definition) is 5. The second-order valence-corrected chi connectivity index (χ2v) is 15.6. The molecule has 2 aromatic carbocycles. The van der Waals surface area contributed by atoms with Gasteiger partial charge in [0.15, 0.2) is 17.5 Å². The van der Waals surface area contributed by atoms with Gasteiger partial charge in [0, 0.05) is 52.1 Å². The molecule has 280 valence electrons. The lowest BCUT2D eigenvalue weighted by Gasteiger charge is -2.45. The van der Waals surface area contributed by atoms with E-state index in [4.69, 9.17) is 15.2 Å². The Bertz CT molecular complexity index is 1410. The standard InChI is InChI=1S/C40H60N6O5/c1-28(47)50-36(11-8-30-9-12-38(49)39(19-30)51-37-13-15-42-34(20-37)18-29-5-3-2-4-6-29)21-35(48)10-7-31-14-16-45-23-32-17-33(24-45)26-46(25-32)27-44-40(41)43-22-31/h2-6,9,12,19,31-37,42,48-49H,7-8,10-11,13-18,20-27H2,1H3,(H3,41,43,44)/t31-,32+,33+,34-,35+,36-,37+/m1/s1. The summed E-state index contributed by atoms with van der Waals surface area (Å²) in [5, 5.41) is 28.8. The molecule has 0 unspecified atom stereocenters. The Labute approximate surface area is 304 Å². The molecule has 5 aliphatic heterocycles. The minimum Gasteiger partial charge on any atom is -0.504 e. The molecule has 6 N–H and O–H groups in total. The number of hydrogen-bond acceptors (Lipinski definition) is 11. The minimum absolute atomic E-state index is 0.00872. The van der Waals surface area contributed by atoms with Crippen molar-refractivity contribution in [2.75, 3.05) is 52.5 Å². The van der Waals surface area contributed by atoms with Crippen LogP contribution in [0.2, 0.25) is 0 Å². The van der Waals surface area contributed by atoms with E-state index in [0.29, 0.717) is 67.9 Å². The lowest BCUT2D eigenvalue weighted by molar-refractivity contribution is -0.148. The number of aliphatic imine (C=N–C) groups is 1. The SMILES string of the molecule is CC(=O)O[C@H](CCc1ccc(O)c(O[C@H]2CCN[C@H](Cc3ccccc3)C2)c1)C[C@@H](O)CC[C@@H]1CCN2C[C@@H]3C[C@@H](C2)CN(CN=C(N)NC1)C3. The number of nitrogens with zero attached hydrogens (tertiary/aromatic N) is 3. The molecule has 0 radical (unpaired) electrons. The van der Waals surface area contributed by atoms with E-state index >= 15 is 0 Å². The molecule has 3 saturated heterocycles. The van der Waals surface area contributed by atoms with E-state index in [2.05, 4.69) is 49.7 Å². The summed E-state index contributed by atoms with van der Waals surface area (Å²) in [5.41, 5.74) is 8.55. The number of piperidine rings is 3. The van der Waals surface area contributed by atoms with Crippen LogP contribution in [-0.4, -0.2) is 109 Å². The number of rotatable bonds is 13.